The van der Waals surface area contributed by atoms with Crippen molar-refractivity contribution in [3.63, 3.8) is 0 Å². The average molecular weight is 525 g/mol. The maximum atomic E-state index is 12.9. The van der Waals surface area contributed by atoms with Crippen molar-refractivity contribution in [1.82, 2.24) is 29.1 Å². The number of hydrogen-bond acceptors (Lipinski definition) is 10. The second-order valence-electron chi connectivity index (χ2n) is 7.90. The first-order chi connectivity index (χ1) is 17.9. The summed E-state index contributed by atoms with van der Waals surface area (Å²) in [5, 5.41) is 13.9. The monoisotopic (exact) mass is 524 g/mol. The first-order valence-corrected chi connectivity index (χ1v) is 12.9. The smallest absolute Gasteiger partial charge is 0.302 e. The van der Waals surface area contributed by atoms with E-state index >= 15 is 0 Å². The highest BCUT2D eigenvalue weighted by molar-refractivity contribution is 7.90. The molecule has 3 aromatic rings. The Hall–Kier alpha value is -4.19. The second-order valence-corrected chi connectivity index (χ2v) is 9.57. The highest BCUT2D eigenvalue weighted by Crippen LogP contribution is 2.36. The van der Waals surface area contributed by atoms with Crippen LogP contribution in [0.4, 0.5) is 5.82 Å². The van der Waals surface area contributed by atoms with E-state index in [0.717, 1.165) is 0 Å². The fourth-order valence-corrected chi connectivity index (χ4v) is 5.07. The van der Waals surface area contributed by atoms with E-state index in [-0.39, 0.29) is 40.1 Å². The summed E-state index contributed by atoms with van der Waals surface area (Å²) in [4.78, 5) is 17.8. The number of nitrogens with one attached hydrogen (secondary N) is 2. The van der Waals surface area contributed by atoms with Crippen LogP contribution in [0.3, 0.4) is 0 Å². The number of ether oxygens (including phenoxy) is 2. The molecule has 2 aromatic heterocycles. The van der Waals surface area contributed by atoms with Crippen LogP contribution in [0.1, 0.15) is 12.7 Å². The largest absolute Gasteiger partial charge is 0.506 e. The van der Waals surface area contributed by atoms with Gasteiger partial charge in [0, 0.05) is 26.2 Å². The molecule has 0 aliphatic carbocycles. The van der Waals surface area contributed by atoms with Crippen molar-refractivity contribution < 1.29 is 23.0 Å². The fraction of sp³-hybridized carbons (Fsp3) is 0.304. The van der Waals surface area contributed by atoms with Crippen LogP contribution in [-0.2, 0) is 14.9 Å². The van der Waals surface area contributed by atoms with Crippen molar-refractivity contribution in [2.75, 3.05) is 44.6 Å². The van der Waals surface area contributed by atoms with Crippen LogP contribution < -0.4 is 14.8 Å². The molecule has 3 N–H and O–H groups in total. The quantitative estimate of drug-likeness (QED) is 0.386. The number of rotatable bonds is 7. The Kier molecular flexibility index (Phi) is 6.66. The van der Waals surface area contributed by atoms with Gasteiger partial charge in [0.2, 0.25) is 5.90 Å². The lowest BCUT2D eigenvalue weighted by Crippen LogP contribution is -2.48. The van der Waals surface area contributed by atoms with Crippen LogP contribution in [0.25, 0.3) is 22.7 Å². The van der Waals surface area contributed by atoms with Crippen LogP contribution in [-0.4, -0.2) is 83.1 Å². The van der Waals surface area contributed by atoms with Gasteiger partial charge in [0.15, 0.2) is 28.6 Å². The van der Waals surface area contributed by atoms with Gasteiger partial charge in [0.1, 0.15) is 17.2 Å². The minimum atomic E-state index is -3.86. The minimum absolute atomic E-state index is 0.0142. The number of benzene rings is 1. The van der Waals surface area contributed by atoms with Gasteiger partial charge in [0.25, 0.3) is 0 Å². The number of imidazole rings is 1. The van der Waals surface area contributed by atoms with Crippen molar-refractivity contribution in [2.24, 2.45) is 4.99 Å². The van der Waals surface area contributed by atoms with Crippen molar-refractivity contribution in [2.45, 2.75) is 6.92 Å². The van der Waals surface area contributed by atoms with E-state index in [9.17, 15) is 13.5 Å². The van der Waals surface area contributed by atoms with Gasteiger partial charge in [-0.1, -0.05) is 11.8 Å². The van der Waals surface area contributed by atoms with E-state index in [2.05, 4.69) is 41.4 Å². The number of para-hydroxylation sites is 1. The molecular formula is C23H24N8O5S. The number of phenolic OH excluding ortho intramolecular Hbond substituents is 1. The molecule has 4 heterocycles. The van der Waals surface area contributed by atoms with Gasteiger partial charge in [-0.25, -0.2) is 19.9 Å². The van der Waals surface area contributed by atoms with Crippen LogP contribution >= 0.6 is 0 Å². The van der Waals surface area contributed by atoms with Crippen LogP contribution in [0.15, 0.2) is 46.9 Å². The van der Waals surface area contributed by atoms with Gasteiger partial charge >= 0.3 is 10.2 Å². The van der Waals surface area contributed by atoms with E-state index in [1.807, 2.05) is 6.92 Å². The van der Waals surface area contributed by atoms with Crippen LogP contribution in [0.5, 0.6) is 11.5 Å². The molecule has 0 bridgehead atoms. The molecule has 5 rings (SSSR count). The molecule has 37 heavy (non-hydrogen) atoms. The van der Waals surface area contributed by atoms with Gasteiger partial charge in [-0.2, -0.15) is 12.7 Å². The predicted molar refractivity (Wildman–Crippen MR) is 136 cm³/mol. The zero-order chi connectivity index (χ0) is 26.0. The lowest BCUT2D eigenvalue weighted by Gasteiger charge is -2.26. The molecular weight excluding hydrogens is 500 g/mol. The fourth-order valence-electron chi connectivity index (χ4n) is 3.92. The highest BCUT2D eigenvalue weighted by atomic mass is 32.2. The first kappa shape index (κ1) is 24.5. The number of phenols is 1. The third kappa shape index (κ3) is 4.79. The van der Waals surface area contributed by atoms with E-state index in [1.165, 1.54) is 28.2 Å². The number of aliphatic imine (C=N–C) groups is 1. The lowest BCUT2D eigenvalue weighted by molar-refractivity contribution is 0.330. The summed E-state index contributed by atoms with van der Waals surface area (Å²) in [7, 11) is -2.40. The maximum Gasteiger partial charge on any atom is 0.302 e. The molecule has 13 nitrogen and oxygen atoms in total. The van der Waals surface area contributed by atoms with E-state index < -0.39 is 10.2 Å². The van der Waals surface area contributed by atoms with Gasteiger partial charge < -0.3 is 19.9 Å². The van der Waals surface area contributed by atoms with Crippen LogP contribution in [0.2, 0.25) is 0 Å². The summed E-state index contributed by atoms with van der Waals surface area (Å²) in [5.74, 6) is 0.705. The standard InChI is InChI=1S/C23H24N8O5S/c1-3-36-19-9-4-6-15(26-19)22-28-21-23(31(22)20-16(32)7-5-8-17(20)35-2)27-18(14-25-21)29-37(33,34)30-12-10-24-11-13-30/h5,7-9,14,24,32H,3,10-13H2,1-2H3,(H,27,29). The van der Waals surface area contributed by atoms with Crippen molar-refractivity contribution in [3.05, 3.63) is 47.8 Å². The molecule has 192 valence electrons. The summed E-state index contributed by atoms with van der Waals surface area (Å²) in [6.07, 6.45) is 2.82. The minimum Gasteiger partial charge on any atom is -0.506 e. The molecule has 0 spiro atoms. The molecule has 1 fully saturated rings. The van der Waals surface area contributed by atoms with Crippen molar-refractivity contribution >= 4 is 38.9 Å². The molecule has 14 heteroatoms. The predicted octanol–water partition coefficient (Wildman–Crippen LogP) is 1.19. The zero-order valence-corrected chi connectivity index (χ0v) is 20.9. The Morgan fingerprint density at radius 1 is 1.24 bits per heavy atom. The number of hydrogen-bond donors (Lipinski definition) is 3. The Balaban J connectivity index is 1.69. The molecule has 2 aliphatic rings. The number of nitrogens with zero attached hydrogens (tertiary/aromatic N) is 6. The number of anilines is 1. The van der Waals surface area contributed by atoms with E-state index in [0.29, 0.717) is 44.4 Å². The topological polar surface area (TPSA) is 156 Å². The van der Waals surface area contributed by atoms with Crippen molar-refractivity contribution in [3.8, 4) is 17.2 Å². The SMILES string of the molecule is CCOC1=NC(c2nc3ncc(NS(=O)(=O)N4CCNCC4)nc3n2-c2c(O)cccc2OC)=C=C=C1. The molecule has 0 amide bonds. The number of aromatic nitrogens is 4. The van der Waals surface area contributed by atoms with Crippen LogP contribution in [0, 0.1) is 0 Å². The Morgan fingerprint density at radius 3 is 2.81 bits per heavy atom. The normalized spacial score (nSPS) is 15.9. The summed E-state index contributed by atoms with van der Waals surface area (Å²) in [5.41, 5.74) is 6.57. The van der Waals surface area contributed by atoms with Gasteiger partial charge in [-0.15, -0.1) is 0 Å². The van der Waals surface area contributed by atoms with Gasteiger partial charge in [-0.05, 0) is 24.8 Å². The first-order valence-electron chi connectivity index (χ1n) is 11.4. The van der Waals surface area contributed by atoms with E-state index in [1.54, 1.807) is 18.2 Å². The third-order valence-electron chi connectivity index (χ3n) is 5.55. The van der Waals surface area contributed by atoms with Gasteiger partial charge in [-0.3, -0.25) is 9.29 Å². The second kappa shape index (κ2) is 10.1. The van der Waals surface area contributed by atoms with Gasteiger partial charge in [0.05, 0.1) is 26.0 Å². The highest BCUT2D eigenvalue weighted by Gasteiger charge is 2.27. The molecule has 1 aromatic carbocycles. The molecule has 1 saturated heterocycles. The number of fused-ring (bicyclic) bond motifs is 1. The summed E-state index contributed by atoms with van der Waals surface area (Å²) in [6.45, 7) is 3.99. The third-order valence-corrected chi connectivity index (χ3v) is 7.07. The zero-order valence-electron chi connectivity index (χ0n) is 20.1. The molecule has 2 aliphatic heterocycles. The van der Waals surface area contributed by atoms with E-state index in [4.69, 9.17) is 9.47 Å². The number of methoxy groups -OCH3 is 1. The summed E-state index contributed by atoms with van der Waals surface area (Å²) < 4.78 is 42.2. The summed E-state index contributed by atoms with van der Waals surface area (Å²) in [6, 6.07) is 4.77. The molecule has 0 unspecified atom stereocenters. The lowest BCUT2D eigenvalue weighted by atomic mass is 10.2. The number of aromatic hydroxyl groups is 1. The summed E-state index contributed by atoms with van der Waals surface area (Å²) >= 11 is 0. The molecule has 0 saturated carbocycles. The average Bonchev–Trinajstić information content (AvgIpc) is 3.27. The Morgan fingerprint density at radius 2 is 2.05 bits per heavy atom. The number of piperazine rings is 1. The molecule has 0 atom stereocenters. The Labute approximate surface area is 212 Å². The van der Waals surface area contributed by atoms with Crippen molar-refractivity contribution in [1.29, 1.82) is 0 Å². The maximum absolute atomic E-state index is 12.9. The molecule has 0 radical (unpaired) electrons. The Bertz CT molecular complexity index is 1590.